The van der Waals surface area contributed by atoms with Crippen molar-refractivity contribution in [3.63, 3.8) is 0 Å². The van der Waals surface area contributed by atoms with Crippen molar-refractivity contribution >= 4 is 19.8 Å². The third kappa shape index (κ3) is 82.5. The molecule has 0 fully saturated rings. The fourth-order valence-electron chi connectivity index (χ4n) is 11.4. The number of hydrogen-bond acceptors (Lipinski definition) is 8. The molecule has 0 aliphatic heterocycles. The lowest BCUT2D eigenvalue weighted by Crippen LogP contribution is -2.29. The van der Waals surface area contributed by atoms with E-state index in [1.165, 1.54) is 205 Å². The molecule has 2 unspecified atom stereocenters. The van der Waals surface area contributed by atoms with Crippen LogP contribution in [0.5, 0.6) is 0 Å². The fraction of sp³-hybridized carbons (Fsp3) is 0.685. The SMILES string of the molecule is CC/C=C\C/C=C\C/C=C\C/C=C\C/C=C\C/C=C\C/C=C\CCCCCCCCCCCCCCCCCC(=O)OC(COC(=O)CCCCCCCCCCCCCCCCCCCCCCCC/C=C\C/C=C\C/C=C\C/C=C\C/C=C\C/C=C\CC)COP(=O)(O)OCCN. The Balaban J connectivity index is 3.81. The number of ether oxygens (including phenoxy) is 2. The highest BCUT2D eigenvalue weighted by Gasteiger charge is 2.26. The number of carbonyl (C=O) groups is 2. The number of nitrogens with two attached hydrogens (primary N) is 1. The molecule has 3 N–H and O–H groups in total. The minimum absolute atomic E-state index is 0.0500. The van der Waals surface area contributed by atoms with Gasteiger partial charge in [-0.3, -0.25) is 18.6 Å². The van der Waals surface area contributed by atoms with Gasteiger partial charge in [-0.2, -0.15) is 0 Å². The Morgan fingerprint density at radius 1 is 0.303 bits per heavy atom. The first-order valence-corrected chi connectivity index (χ1v) is 42.5. The number of carbonyl (C=O) groups excluding carboxylic acids is 2. The van der Waals surface area contributed by atoms with Crippen molar-refractivity contribution in [2.75, 3.05) is 26.4 Å². The van der Waals surface area contributed by atoms with Gasteiger partial charge in [-0.05, 0) is 122 Å². The second kappa shape index (κ2) is 82.6. The Morgan fingerprint density at radius 3 is 0.778 bits per heavy atom. The van der Waals surface area contributed by atoms with E-state index in [1.807, 2.05) is 0 Å². The zero-order valence-electron chi connectivity index (χ0n) is 63.9. The Morgan fingerprint density at radius 2 is 0.525 bits per heavy atom. The highest BCUT2D eigenvalue weighted by atomic mass is 31.2. The first-order chi connectivity index (χ1) is 48.8. The van der Waals surface area contributed by atoms with Gasteiger partial charge in [0.15, 0.2) is 6.10 Å². The Kier molecular flexibility index (Phi) is 78.9. The average molecular weight is 1400 g/mol. The Labute approximate surface area is 610 Å². The molecule has 99 heavy (non-hydrogen) atoms. The van der Waals surface area contributed by atoms with Crippen LogP contribution in [0.15, 0.2) is 158 Å². The molecule has 0 aromatic rings. The molecule has 0 heterocycles. The monoisotopic (exact) mass is 1390 g/mol. The lowest BCUT2D eigenvalue weighted by molar-refractivity contribution is -0.161. The van der Waals surface area contributed by atoms with Gasteiger partial charge in [-0.25, -0.2) is 4.57 Å². The standard InChI is InChI=1S/C89H152NO8P/c1-3-5-7-9-11-13-15-17-19-21-23-25-27-29-31-33-35-37-39-41-42-43-44-46-47-49-51-53-55-57-59-61-63-65-67-69-71-73-75-77-79-81-88(91)95-85-87(86-97-99(93,94)96-84-83-90)98-89(92)82-80-78-76-74-72-70-68-66-64-62-60-58-56-54-52-50-48-45-40-38-36-34-32-30-28-26-24-22-20-18-16-14-12-10-8-6-4-2/h5-8,11-14,17-20,23-26,29-32,35-38,45,48,87H,3-4,9-10,15-16,21-22,27-28,33-34,39-44,46-47,49-86,90H2,1-2H3,(H,93,94)/b7-5-,8-6-,13-11-,14-12-,19-17-,20-18-,25-23-,26-24-,31-29-,32-30-,37-35-,38-36-,48-45-. The fourth-order valence-corrected chi connectivity index (χ4v) is 12.2. The molecule has 0 saturated carbocycles. The molecule has 0 rings (SSSR count). The maximum absolute atomic E-state index is 12.8. The van der Waals surface area contributed by atoms with Gasteiger partial charge in [-0.15, -0.1) is 0 Å². The summed E-state index contributed by atoms with van der Waals surface area (Å²) in [7, 11) is -4.40. The van der Waals surface area contributed by atoms with E-state index in [0.29, 0.717) is 6.42 Å². The van der Waals surface area contributed by atoms with E-state index in [0.717, 1.165) is 122 Å². The first-order valence-electron chi connectivity index (χ1n) is 41.0. The highest BCUT2D eigenvalue weighted by Crippen LogP contribution is 2.43. The molecular weight excluding hydrogens is 1240 g/mol. The lowest BCUT2D eigenvalue weighted by Gasteiger charge is -2.19. The molecule has 0 aromatic carbocycles. The number of unbranched alkanes of at least 4 members (excludes halogenated alkanes) is 37. The molecule has 9 nitrogen and oxygen atoms in total. The van der Waals surface area contributed by atoms with Crippen molar-refractivity contribution in [1.29, 1.82) is 0 Å². The highest BCUT2D eigenvalue weighted by molar-refractivity contribution is 7.47. The summed E-state index contributed by atoms with van der Waals surface area (Å²) in [5, 5.41) is 0. The predicted octanol–water partition coefficient (Wildman–Crippen LogP) is 27.9. The number of phosphoric ester groups is 1. The average Bonchev–Trinajstić information content (AvgIpc) is 1.64. The Bertz CT molecular complexity index is 2190. The maximum atomic E-state index is 12.8. The second-order valence-corrected chi connectivity index (χ2v) is 28.3. The van der Waals surface area contributed by atoms with E-state index in [4.69, 9.17) is 24.3 Å². The van der Waals surface area contributed by atoms with Gasteiger partial charge < -0.3 is 20.1 Å². The molecule has 0 saturated heterocycles. The molecule has 0 amide bonds. The third-order valence-corrected chi connectivity index (χ3v) is 18.4. The summed E-state index contributed by atoms with van der Waals surface area (Å²) < 4.78 is 33.3. The molecule has 0 aliphatic rings. The van der Waals surface area contributed by atoms with Crippen molar-refractivity contribution in [1.82, 2.24) is 0 Å². The number of esters is 2. The van der Waals surface area contributed by atoms with Crippen molar-refractivity contribution in [2.24, 2.45) is 5.73 Å². The quantitative estimate of drug-likeness (QED) is 0.0264. The van der Waals surface area contributed by atoms with Gasteiger partial charge in [0.05, 0.1) is 13.2 Å². The number of hydrogen-bond donors (Lipinski definition) is 2. The van der Waals surface area contributed by atoms with Gasteiger partial charge >= 0.3 is 19.8 Å². The number of rotatable bonds is 76. The van der Waals surface area contributed by atoms with Crippen LogP contribution < -0.4 is 5.73 Å². The van der Waals surface area contributed by atoms with Crippen LogP contribution in [0.1, 0.15) is 361 Å². The molecule has 2 atom stereocenters. The van der Waals surface area contributed by atoms with Gasteiger partial charge in [0.1, 0.15) is 6.61 Å². The zero-order chi connectivity index (χ0) is 71.5. The first kappa shape index (κ1) is 94.6. The third-order valence-electron chi connectivity index (χ3n) is 17.4. The van der Waals surface area contributed by atoms with Crippen LogP contribution in [0, 0.1) is 0 Å². The van der Waals surface area contributed by atoms with Crippen LogP contribution in [-0.2, 0) is 32.7 Å². The second-order valence-electron chi connectivity index (χ2n) is 26.9. The smallest absolute Gasteiger partial charge is 0.462 e. The topological polar surface area (TPSA) is 134 Å². The Hall–Kier alpha value is -4.37. The summed E-state index contributed by atoms with van der Waals surface area (Å²) in [6.07, 6.45) is 121. The van der Waals surface area contributed by atoms with E-state index < -0.39 is 26.5 Å². The number of allylic oxidation sites excluding steroid dienone is 26. The van der Waals surface area contributed by atoms with Crippen LogP contribution in [-0.4, -0.2) is 49.3 Å². The summed E-state index contributed by atoms with van der Waals surface area (Å²) >= 11 is 0. The van der Waals surface area contributed by atoms with E-state index in [9.17, 15) is 19.0 Å². The molecular formula is C89H152NO8P. The predicted molar refractivity (Wildman–Crippen MR) is 431 cm³/mol. The van der Waals surface area contributed by atoms with Crippen molar-refractivity contribution in [2.45, 2.75) is 367 Å². The summed E-state index contributed by atoms with van der Waals surface area (Å²) in [6, 6.07) is 0. The van der Waals surface area contributed by atoms with Gasteiger partial charge in [0.25, 0.3) is 0 Å². The van der Waals surface area contributed by atoms with Crippen LogP contribution in [0.2, 0.25) is 0 Å². The van der Waals surface area contributed by atoms with Crippen LogP contribution in [0.4, 0.5) is 0 Å². The number of phosphoric acid groups is 1. The molecule has 566 valence electrons. The lowest BCUT2D eigenvalue weighted by atomic mass is 10.0. The molecule has 0 bridgehead atoms. The van der Waals surface area contributed by atoms with Gasteiger partial charge in [0, 0.05) is 19.4 Å². The van der Waals surface area contributed by atoms with E-state index in [2.05, 4.69) is 172 Å². The van der Waals surface area contributed by atoms with Crippen LogP contribution in [0.3, 0.4) is 0 Å². The van der Waals surface area contributed by atoms with Gasteiger partial charge in [-0.1, -0.05) is 384 Å². The van der Waals surface area contributed by atoms with Crippen molar-refractivity contribution in [3.05, 3.63) is 158 Å². The van der Waals surface area contributed by atoms with Crippen molar-refractivity contribution in [3.8, 4) is 0 Å². The molecule has 0 radical (unpaired) electrons. The van der Waals surface area contributed by atoms with E-state index in [1.54, 1.807) is 0 Å². The van der Waals surface area contributed by atoms with E-state index >= 15 is 0 Å². The molecule has 0 spiro atoms. The largest absolute Gasteiger partial charge is 0.472 e. The maximum Gasteiger partial charge on any atom is 0.472 e. The minimum Gasteiger partial charge on any atom is -0.462 e. The molecule has 0 aromatic heterocycles. The zero-order valence-corrected chi connectivity index (χ0v) is 64.8. The van der Waals surface area contributed by atoms with Crippen molar-refractivity contribution < 1.29 is 37.6 Å². The summed E-state index contributed by atoms with van der Waals surface area (Å²) in [6.45, 7) is 3.55. The van der Waals surface area contributed by atoms with Gasteiger partial charge in [0.2, 0.25) is 0 Å². The van der Waals surface area contributed by atoms with E-state index in [-0.39, 0.29) is 38.6 Å². The summed E-state index contributed by atoms with van der Waals surface area (Å²) in [5.74, 6) is -0.818. The van der Waals surface area contributed by atoms with Crippen LogP contribution in [0.25, 0.3) is 0 Å². The normalized spacial score (nSPS) is 13.7. The summed E-state index contributed by atoms with van der Waals surface area (Å²) in [4.78, 5) is 35.5. The summed E-state index contributed by atoms with van der Waals surface area (Å²) in [5.41, 5.74) is 5.42. The molecule has 10 heteroatoms. The molecule has 0 aliphatic carbocycles. The van der Waals surface area contributed by atoms with Crippen LogP contribution >= 0.6 is 7.82 Å². The minimum atomic E-state index is -4.40.